The predicted octanol–water partition coefficient (Wildman–Crippen LogP) is 3.14. The highest BCUT2D eigenvalue weighted by atomic mass is 32.2. The van der Waals surface area contributed by atoms with Crippen molar-refractivity contribution in [2.24, 2.45) is 0 Å². The fourth-order valence-corrected chi connectivity index (χ4v) is 3.63. The van der Waals surface area contributed by atoms with Crippen LogP contribution in [0.15, 0.2) is 24.3 Å². The summed E-state index contributed by atoms with van der Waals surface area (Å²) in [5, 5.41) is 0. The summed E-state index contributed by atoms with van der Waals surface area (Å²) < 4.78 is 37.0. The van der Waals surface area contributed by atoms with Gasteiger partial charge in [0.2, 0.25) is 0 Å². The summed E-state index contributed by atoms with van der Waals surface area (Å²) >= 11 is 0. The van der Waals surface area contributed by atoms with Gasteiger partial charge in [-0.15, -0.1) is 0 Å². The molecule has 4 heteroatoms. The number of benzene rings is 1. The quantitative estimate of drug-likeness (QED) is 0.785. The van der Waals surface area contributed by atoms with Gasteiger partial charge >= 0.3 is 0 Å². The second-order valence-corrected chi connectivity index (χ2v) is 6.62. The van der Waals surface area contributed by atoms with E-state index in [1.807, 2.05) is 6.92 Å². The molecular formula is C13H19FO2S. The molecule has 96 valence electrons. The van der Waals surface area contributed by atoms with Crippen molar-refractivity contribution < 1.29 is 12.8 Å². The monoisotopic (exact) mass is 258 g/mol. The van der Waals surface area contributed by atoms with Crippen molar-refractivity contribution in [1.82, 2.24) is 0 Å². The third-order valence-corrected chi connectivity index (χ3v) is 4.67. The van der Waals surface area contributed by atoms with Crippen LogP contribution in [-0.4, -0.2) is 19.9 Å². The van der Waals surface area contributed by atoms with E-state index < -0.39 is 9.84 Å². The van der Waals surface area contributed by atoms with Crippen LogP contribution < -0.4 is 0 Å². The van der Waals surface area contributed by atoms with Crippen LogP contribution in [0.5, 0.6) is 0 Å². The molecule has 0 saturated carbocycles. The van der Waals surface area contributed by atoms with Crippen LogP contribution >= 0.6 is 0 Å². The molecule has 0 aromatic heterocycles. The van der Waals surface area contributed by atoms with E-state index in [2.05, 4.69) is 0 Å². The lowest BCUT2D eigenvalue weighted by atomic mass is 10.0. The largest absolute Gasteiger partial charge is 0.229 e. The second kappa shape index (κ2) is 6.15. The number of halogens is 1. The normalized spacial score (nSPS) is 13.6. The van der Waals surface area contributed by atoms with E-state index in [4.69, 9.17) is 0 Å². The smallest absolute Gasteiger partial charge is 0.150 e. The molecule has 0 radical (unpaired) electrons. The molecular weight excluding hydrogens is 239 g/mol. The number of rotatable bonds is 6. The summed E-state index contributed by atoms with van der Waals surface area (Å²) in [4.78, 5) is 0. The maximum Gasteiger partial charge on any atom is 0.150 e. The lowest BCUT2D eigenvalue weighted by Gasteiger charge is -2.13. The third kappa shape index (κ3) is 4.46. The van der Waals surface area contributed by atoms with E-state index in [9.17, 15) is 12.8 Å². The minimum Gasteiger partial charge on any atom is -0.229 e. The fraction of sp³-hybridized carbons (Fsp3) is 0.538. The first kappa shape index (κ1) is 14.2. The van der Waals surface area contributed by atoms with Crippen molar-refractivity contribution >= 4 is 9.84 Å². The van der Waals surface area contributed by atoms with E-state index >= 15 is 0 Å². The number of hydrogen-bond donors (Lipinski definition) is 0. The molecule has 0 amide bonds. The summed E-state index contributed by atoms with van der Waals surface area (Å²) in [7, 11) is -3.07. The molecule has 0 heterocycles. The number of hydrogen-bond acceptors (Lipinski definition) is 2. The van der Waals surface area contributed by atoms with Crippen LogP contribution in [0.1, 0.15) is 38.2 Å². The molecule has 0 unspecified atom stereocenters. The minimum absolute atomic E-state index is 0.0218. The Morgan fingerprint density at radius 1 is 1.29 bits per heavy atom. The Balaban J connectivity index is 2.73. The van der Waals surface area contributed by atoms with Gasteiger partial charge in [0.25, 0.3) is 0 Å². The summed E-state index contributed by atoms with van der Waals surface area (Å²) in [5.74, 6) is -0.403. The molecule has 0 spiro atoms. The van der Waals surface area contributed by atoms with Crippen molar-refractivity contribution in [2.75, 3.05) is 11.5 Å². The topological polar surface area (TPSA) is 34.1 Å². The zero-order valence-corrected chi connectivity index (χ0v) is 11.1. The van der Waals surface area contributed by atoms with Gasteiger partial charge in [-0.3, -0.25) is 0 Å². The van der Waals surface area contributed by atoms with Gasteiger partial charge in [-0.2, -0.15) is 0 Å². The van der Waals surface area contributed by atoms with Gasteiger partial charge in [0.05, 0.1) is 11.5 Å². The molecule has 1 aromatic rings. The third-order valence-electron chi connectivity index (χ3n) is 2.75. The number of unbranched alkanes of at least 4 members (excludes halogenated alkanes) is 1. The number of sulfone groups is 1. The standard InChI is InChI=1S/C13H19FO2S/c1-3-4-9-17(15,16)10-11(2)12-7-5-6-8-13(12)14/h5-8,11H,3-4,9-10H2,1-2H3/t11-/m0/s1. The molecule has 0 fully saturated rings. The lowest BCUT2D eigenvalue weighted by molar-refractivity contribution is 0.577. The van der Waals surface area contributed by atoms with Crippen molar-refractivity contribution in [3.63, 3.8) is 0 Å². The first-order chi connectivity index (χ1) is 7.96. The Morgan fingerprint density at radius 2 is 1.94 bits per heavy atom. The molecule has 0 N–H and O–H groups in total. The lowest BCUT2D eigenvalue weighted by Crippen LogP contribution is -2.16. The zero-order valence-electron chi connectivity index (χ0n) is 10.3. The molecule has 1 atom stereocenters. The average Bonchev–Trinajstić information content (AvgIpc) is 2.26. The Morgan fingerprint density at radius 3 is 2.53 bits per heavy atom. The highest BCUT2D eigenvalue weighted by Gasteiger charge is 2.18. The minimum atomic E-state index is -3.07. The van der Waals surface area contributed by atoms with Crippen LogP contribution in [0, 0.1) is 5.82 Å². The van der Waals surface area contributed by atoms with Gasteiger partial charge in [-0.05, 0) is 24.0 Å². The highest BCUT2D eigenvalue weighted by Crippen LogP contribution is 2.20. The van der Waals surface area contributed by atoms with E-state index in [1.54, 1.807) is 25.1 Å². The molecule has 0 aliphatic heterocycles. The molecule has 0 aliphatic carbocycles. The molecule has 1 rings (SSSR count). The SMILES string of the molecule is CCCCS(=O)(=O)C[C@H](C)c1ccccc1F. The highest BCUT2D eigenvalue weighted by molar-refractivity contribution is 7.91. The molecule has 2 nitrogen and oxygen atoms in total. The predicted molar refractivity (Wildman–Crippen MR) is 68.4 cm³/mol. The zero-order chi connectivity index (χ0) is 12.9. The van der Waals surface area contributed by atoms with Gasteiger partial charge in [-0.1, -0.05) is 38.5 Å². The van der Waals surface area contributed by atoms with Gasteiger partial charge in [0, 0.05) is 0 Å². The van der Waals surface area contributed by atoms with Crippen LogP contribution in [0.2, 0.25) is 0 Å². The summed E-state index contributed by atoms with van der Waals surface area (Å²) in [5.41, 5.74) is 0.479. The van der Waals surface area contributed by atoms with Gasteiger partial charge in [0.1, 0.15) is 5.82 Å². The van der Waals surface area contributed by atoms with Crippen LogP contribution in [0.4, 0.5) is 4.39 Å². The van der Waals surface area contributed by atoms with E-state index in [-0.39, 0.29) is 23.2 Å². The fourth-order valence-electron chi connectivity index (χ4n) is 1.79. The average molecular weight is 258 g/mol. The maximum absolute atomic E-state index is 13.5. The molecule has 0 saturated heterocycles. The molecule has 17 heavy (non-hydrogen) atoms. The van der Waals surface area contributed by atoms with Crippen LogP contribution in [-0.2, 0) is 9.84 Å². The van der Waals surface area contributed by atoms with Gasteiger partial charge in [0.15, 0.2) is 9.84 Å². The maximum atomic E-state index is 13.5. The summed E-state index contributed by atoms with van der Waals surface area (Å²) in [6, 6.07) is 6.35. The molecule has 0 bridgehead atoms. The summed E-state index contributed by atoms with van der Waals surface area (Å²) in [6.07, 6.45) is 1.53. The van der Waals surface area contributed by atoms with Gasteiger partial charge in [-0.25, -0.2) is 12.8 Å². The Labute approximate surface area is 103 Å². The second-order valence-electron chi connectivity index (χ2n) is 4.39. The summed E-state index contributed by atoms with van der Waals surface area (Å²) in [6.45, 7) is 3.71. The molecule has 1 aromatic carbocycles. The van der Waals surface area contributed by atoms with Crippen molar-refractivity contribution in [2.45, 2.75) is 32.6 Å². The van der Waals surface area contributed by atoms with Crippen molar-refractivity contribution in [3.8, 4) is 0 Å². The Bertz CT molecular complexity index is 454. The van der Waals surface area contributed by atoms with Gasteiger partial charge < -0.3 is 0 Å². The van der Waals surface area contributed by atoms with Crippen molar-refractivity contribution in [1.29, 1.82) is 0 Å². The Hall–Kier alpha value is -0.900. The van der Waals surface area contributed by atoms with E-state index in [1.165, 1.54) is 6.07 Å². The van der Waals surface area contributed by atoms with Crippen LogP contribution in [0.3, 0.4) is 0 Å². The molecule has 0 aliphatic rings. The van der Waals surface area contributed by atoms with Crippen LogP contribution in [0.25, 0.3) is 0 Å². The van der Waals surface area contributed by atoms with Crippen molar-refractivity contribution in [3.05, 3.63) is 35.6 Å². The first-order valence-electron chi connectivity index (χ1n) is 5.91. The van der Waals surface area contributed by atoms with E-state index in [0.717, 1.165) is 6.42 Å². The Kier molecular flexibility index (Phi) is 5.12. The first-order valence-corrected chi connectivity index (χ1v) is 7.73. The van der Waals surface area contributed by atoms with E-state index in [0.29, 0.717) is 12.0 Å².